The lowest BCUT2D eigenvalue weighted by atomic mass is 10.3. The maximum absolute atomic E-state index is 8.98. The minimum Gasteiger partial charge on any atom is -1.00 e. The van der Waals surface area contributed by atoms with Crippen LogP contribution in [0.4, 0.5) is 0 Å². The SMILES string of the molecule is C[NH+](C)C[C@H](O)CC#N.[Br-]. The van der Waals surface area contributed by atoms with Crippen LogP contribution in [0.3, 0.4) is 0 Å². The van der Waals surface area contributed by atoms with Gasteiger partial charge >= 0.3 is 0 Å². The molecular weight excluding hydrogens is 196 g/mol. The molecule has 0 radical (unpaired) electrons. The van der Waals surface area contributed by atoms with E-state index in [1.165, 1.54) is 0 Å². The summed E-state index contributed by atoms with van der Waals surface area (Å²) in [7, 11) is 3.89. The normalized spacial score (nSPS) is 11.9. The first kappa shape index (κ1) is 12.6. The number of halogens is 1. The fraction of sp³-hybridized carbons (Fsp3) is 0.833. The van der Waals surface area contributed by atoms with Crippen molar-refractivity contribution in [3.05, 3.63) is 0 Å². The number of hydrogen-bond acceptors (Lipinski definition) is 2. The van der Waals surface area contributed by atoms with Gasteiger partial charge in [0.25, 0.3) is 0 Å². The lowest BCUT2D eigenvalue weighted by Crippen LogP contribution is -3.07. The summed E-state index contributed by atoms with van der Waals surface area (Å²) >= 11 is 0. The molecule has 0 bridgehead atoms. The van der Waals surface area contributed by atoms with Crippen LogP contribution in [0.15, 0.2) is 0 Å². The smallest absolute Gasteiger partial charge is 0.116 e. The molecule has 3 nitrogen and oxygen atoms in total. The third-order valence-corrected chi connectivity index (χ3v) is 0.971. The molecule has 0 aliphatic rings. The monoisotopic (exact) mass is 208 g/mol. The number of likely N-dealkylation sites (N-methyl/N-ethyl adjacent to an activating group) is 1. The van der Waals surface area contributed by atoms with Crippen molar-refractivity contribution in [2.24, 2.45) is 0 Å². The number of aliphatic hydroxyl groups excluding tert-OH is 1. The number of quaternary nitrogens is 1. The predicted molar refractivity (Wildman–Crippen MR) is 33.9 cm³/mol. The van der Waals surface area contributed by atoms with Gasteiger partial charge in [-0.3, -0.25) is 0 Å². The van der Waals surface area contributed by atoms with E-state index in [2.05, 4.69) is 0 Å². The molecule has 1 atom stereocenters. The fourth-order valence-corrected chi connectivity index (χ4v) is 0.649. The molecule has 0 unspecified atom stereocenters. The summed E-state index contributed by atoms with van der Waals surface area (Å²) in [6.07, 6.45) is -0.217. The number of nitrogens with zero attached hydrogens (tertiary/aromatic N) is 1. The van der Waals surface area contributed by atoms with Crippen molar-refractivity contribution in [3.8, 4) is 6.07 Å². The van der Waals surface area contributed by atoms with Gasteiger partial charge in [0.1, 0.15) is 12.6 Å². The first-order valence-electron chi connectivity index (χ1n) is 3.01. The Morgan fingerprint density at radius 1 is 1.60 bits per heavy atom. The minimum absolute atomic E-state index is 0. The van der Waals surface area contributed by atoms with Gasteiger partial charge < -0.3 is 27.0 Å². The second-order valence-corrected chi connectivity index (χ2v) is 2.43. The number of hydrogen-bond donors (Lipinski definition) is 2. The summed E-state index contributed by atoms with van der Waals surface area (Å²) in [5.41, 5.74) is 0. The molecule has 0 rings (SSSR count). The largest absolute Gasteiger partial charge is 1.00 e. The lowest BCUT2D eigenvalue weighted by Gasteiger charge is -2.09. The third kappa shape index (κ3) is 7.89. The molecule has 0 aliphatic carbocycles. The molecule has 0 saturated carbocycles. The van der Waals surface area contributed by atoms with Crippen LogP contribution in [0.25, 0.3) is 0 Å². The Morgan fingerprint density at radius 2 is 2.10 bits per heavy atom. The Kier molecular flexibility index (Phi) is 8.79. The Labute approximate surface area is 72.0 Å². The second kappa shape index (κ2) is 7.00. The van der Waals surface area contributed by atoms with Crippen LogP contribution in [0.1, 0.15) is 6.42 Å². The van der Waals surface area contributed by atoms with E-state index in [0.717, 1.165) is 4.90 Å². The van der Waals surface area contributed by atoms with Crippen molar-refractivity contribution < 1.29 is 27.0 Å². The molecule has 60 valence electrons. The van der Waals surface area contributed by atoms with E-state index in [4.69, 9.17) is 10.4 Å². The van der Waals surface area contributed by atoms with Crippen LogP contribution in [0, 0.1) is 11.3 Å². The van der Waals surface area contributed by atoms with Crippen LogP contribution < -0.4 is 21.9 Å². The average molecular weight is 209 g/mol. The van der Waals surface area contributed by atoms with E-state index in [-0.39, 0.29) is 23.4 Å². The molecule has 4 heteroatoms. The van der Waals surface area contributed by atoms with Crippen LogP contribution >= 0.6 is 0 Å². The highest BCUT2D eigenvalue weighted by Crippen LogP contribution is 1.82. The minimum atomic E-state index is -0.458. The Hall–Kier alpha value is -0.110. The Bertz CT molecular complexity index is 111. The highest BCUT2D eigenvalue weighted by Gasteiger charge is 2.05. The van der Waals surface area contributed by atoms with E-state index < -0.39 is 6.10 Å². The third-order valence-electron chi connectivity index (χ3n) is 0.971. The summed E-state index contributed by atoms with van der Waals surface area (Å²) in [5, 5.41) is 17.1. The van der Waals surface area contributed by atoms with E-state index in [1.807, 2.05) is 20.2 Å². The molecule has 0 aromatic carbocycles. The van der Waals surface area contributed by atoms with Crippen molar-refractivity contribution in [1.82, 2.24) is 0 Å². The van der Waals surface area contributed by atoms with Gasteiger partial charge in [-0.05, 0) is 0 Å². The van der Waals surface area contributed by atoms with Crippen molar-refractivity contribution in [2.45, 2.75) is 12.5 Å². The Balaban J connectivity index is 0. The zero-order chi connectivity index (χ0) is 7.28. The predicted octanol–water partition coefficient (Wildman–Crippen LogP) is -4.59. The van der Waals surface area contributed by atoms with Crippen LogP contribution in [-0.4, -0.2) is 31.9 Å². The molecule has 0 amide bonds. The fourth-order valence-electron chi connectivity index (χ4n) is 0.649. The molecule has 0 aromatic rings. The number of aliphatic hydroxyl groups is 1. The molecule has 0 spiro atoms. The Morgan fingerprint density at radius 3 is 2.40 bits per heavy atom. The van der Waals surface area contributed by atoms with Gasteiger partial charge in [0, 0.05) is 0 Å². The van der Waals surface area contributed by atoms with Gasteiger partial charge in [-0.2, -0.15) is 5.26 Å². The van der Waals surface area contributed by atoms with Crippen molar-refractivity contribution in [3.63, 3.8) is 0 Å². The van der Waals surface area contributed by atoms with Crippen LogP contribution in [0.5, 0.6) is 0 Å². The van der Waals surface area contributed by atoms with E-state index in [9.17, 15) is 0 Å². The van der Waals surface area contributed by atoms with Crippen molar-refractivity contribution >= 4 is 0 Å². The van der Waals surface area contributed by atoms with E-state index in [1.54, 1.807) is 0 Å². The molecule has 0 aliphatic heterocycles. The highest BCUT2D eigenvalue weighted by molar-refractivity contribution is 4.73. The quantitative estimate of drug-likeness (QED) is 0.491. The molecular formula is C6H13BrN2O. The zero-order valence-electron chi connectivity index (χ0n) is 6.26. The average Bonchev–Trinajstić information content (AvgIpc) is 1.63. The van der Waals surface area contributed by atoms with E-state index in [0.29, 0.717) is 6.54 Å². The lowest BCUT2D eigenvalue weighted by molar-refractivity contribution is -0.861. The summed E-state index contributed by atoms with van der Waals surface area (Å²) in [6.45, 7) is 0.646. The number of nitriles is 1. The van der Waals surface area contributed by atoms with Gasteiger partial charge in [0.2, 0.25) is 0 Å². The molecule has 0 saturated heterocycles. The van der Waals surface area contributed by atoms with Crippen LogP contribution in [0.2, 0.25) is 0 Å². The van der Waals surface area contributed by atoms with Gasteiger partial charge in [0.15, 0.2) is 0 Å². The number of nitrogens with one attached hydrogen (secondary N) is 1. The second-order valence-electron chi connectivity index (χ2n) is 2.43. The topological polar surface area (TPSA) is 48.5 Å². The zero-order valence-corrected chi connectivity index (χ0v) is 7.85. The summed E-state index contributed by atoms with van der Waals surface area (Å²) in [6, 6.07) is 1.91. The van der Waals surface area contributed by atoms with Gasteiger partial charge in [-0.15, -0.1) is 0 Å². The summed E-state index contributed by atoms with van der Waals surface area (Å²) in [5.74, 6) is 0. The molecule has 10 heavy (non-hydrogen) atoms. The standard InChI is InChI=1S/C6H12N2O.BrH/c1-8(2)5-6(9)3-4-7;/h6,9H,3,5H2,1-2H3;1H/t6-;/m1./s1. The maximum Gasteiger partial charge on any atom is 0.116 e. The van der Waals surface area contributed by atoms with Gasteiger partial charge in [0.05, 0.1) is 26.6 Å². The first-order chi connectivity index (χ1) is 4.16. The molecule has 2 N–H and O–H groups in total. The maximum atomic E-state index is 8.98. The van der Waals surface area contributed by atoms with E-state index >= 15 is 0 Å². The number of rotatable bonds is 3. The first-order valence-corrected chi connectivity index (χ1v) is 3.01. The summed E-state index contributed by atoms with van der Waals surface area (Å²) < 4.78 is 0. The highest BCUT2D eigenvalue weighted by atomic mass is 79.9. The van der Waals surface area contributed by atoms with Gasteiger partial charge in [-0.1, -0.05) is 0 Å². The van der Waals surface area contributed by atoms with Crippen molar-refractivity contribution in [1.29, 1.82) is 5.26 Å². The molecule has 0 heterocycles. The van der Waals surface area contributed by atoms with Gasteiger partial charge in [-0.25, -0.2) is 0 Å². The molecule has 0 fully saturated rings. The van der Waals surface area contributed by atoms with Crippen LogP contribution in [-0.2, 0) is 0 Å². The summed E-state index contributed by atoms with van der Waals surface area (Å²) in [4.78, 5) is 1.16. The van der Waals surface area contributed by atoms with Crippen molar-refractivity contribution in [2.75, 3.05) is 20.6 Å². The molecule has 0 aromatic heterocycles.